The summed E-state index contributed by atoms with van der Waals surface area (Å²) < 4.78 is 41.4. The van der Waals surface area contributed by atoms with E-state index in [1.165, 1.54) is 0 Å². The summed E-state index contributed by atoms with van der Waals surface area (Å²) in [7, 11) is 1.76. The summed E-state index contributed by atoms with van der Waals surface area (Å²) in [5.41, 5.74) is 1.68. The minimum Gasteiger partial charge on any atom is -0.393 e. The number of hydrogen-bond acceptors (Lipinski definition) is 3. The molecular weight excluding hydrogens is 249 g/mol. The fourth-order valence-electron chi connectivity index (χ4n) is 1.61. The number of rotatable bonds is 6. The van der Waals surface area contributed by atoms with Crippen molar-refractivity contribution < 1.29 is 23.0 Å². The first-order chi connectivity index (χ1) is 8.28. The van der Waals surface area contributed by atoms with E-state index in [2.05, 4.69) is 9.84 Å². The smallest absolute Gasteiger partial charge is 0.393 e. The van der Waals surface area contributed by atoms with Gasteiger partial charge in [0.05, 0.1) is 11.8 Å². The van der Waals surface area contributed by atoms with E-state index in [9.17, 15) is 18.3 Å². The normalized spacial score (nSPS) is 13.9. The Morgan fingerprint density at radius 3 is 2.67 bits per heavy atom. The molecule has 1 unspecified atom stereocenters. The summed E-state index contributed by atoms with van der Waals surface area (Å²) in [5.74, 6) is 0. The van der Waals surface area contributed by atoms with Crippen LogP contribution in [0.3, 0.4) is 0 Å². The van der Waals surface area contributed by atoms with Gasteiger partial charge in [-0.2, -0.15) is 18.3 Å². The Balaban J connectivity index is 2.26. The van der Waals surface area contributed by atoms with Crippen molar-refractivity contribution in [3.05, 3.63) is 17.5 Å². The van der Waals surface area contributed by atoms with E-state index in [0.29, 0.717) is 6.42 Å². The van der Waals surface area contributed by atoms with Gasteiger partial charge >= 0.3 is 6.18 Å². The molecule has 0 aromatic carbocycles. The number of alkyl halides is 3. The van der Waals surface area contributed by atoms with E-state index < -0.39 is 18.9 Å². The maximum atomic E-state index is 11.8. The van der Waals surface area contributed by atoms with Crippen molar-refractivity contribution in [2.75, 3.05) is 13.2 Å². The fraction of sp³-hybridized carbons (Fsp3) is 0.727. The van der Waals surface area contributed by atoms with Crippen LogP contribution in [-0.4, -0.2) is 40.4 Å². The highest BCUT2D eigenvalue weighted by Gasteiger charge is 2.27. The SMILES string of the molecule is Cc1cc(CC(O)CCOCC(F)(F)F)n(C)n1. The van der Waals surface area contributed by atoms with Crippen molar-refractivity contribution >= 4 is 0 Å². The lowest BCUT2D eigenvalue weighted by molar-refractivity contribution is -0.175. The summed E-state index contributed by atoms with van der Waals surface area (Å²) >= 11 is 0. The zero-order valence-electron chi connectivity index (χ0n) is 10.4. The number of aliphatic hydroxyl groups is 1. The number of aryl methyl sites for hydroxylation is 2. The summed E-state index contributed by atoms with van der Waals surface area (Å²) in [6.45, 7) is 0.449. The molecule has 0 saturated carbocycles. The average molecular weight is 266 g/mol. The van der Waals surface area contributed by atoms with Gasteiger partial charge in [-0.1, -0.05) is 0 Å². The van der Waals surface area contributed by atoms with Crippen molar-refractivity contribution in [1.29, 1.82) is 0 Å². The van der Waals surface area contributed by atoms with Crippen LogP contribution < -0.4 is 0 Å². The topological polar surface area (TPSA) is 47.3 Å². The predicted octanol–water partition coefficient (Wildman–Crippen LogP) is 1.60. The van der Waals surface area contributed by atoms with Crippen molar-refractivity contribution in [1.82, 2.24) is 9.78 Å². The maximum absolute atomic E-state index is 11.8. The summed E-state index contributed by atoms with van der Waals surface area (Å²) in [6.07, 6.45) is -4.52. The van der Waals surface area contributed by atoms with Crippen LogP contribution >= 0.6 is 0 Å². The van der Waals surface area contributed by atoms with E-state index in [-0.39, 0.29) is 13.0 Å². The molecular formula is C11H17F3N2O2. The molecule has 104 valence electrons. The molecule has 1 N–H and O–H groups in total. The minimum atomic E-state index is -4.32. The minimum absolute atomic E-state index is 0.114. The van der Waals surface area contributed by atoms with Crippen molar-refractivity contribution in [3.63, 3.8) is 0 Å². The number of hydrogen-bond donors (Lipinski definition) is 1. The number of aromatic nitrogens is 2. The third-order valence-corrected chi connectivity index (χ3v) is 2.40. The third kappa shape index (κ3) is 5.50. The standard InChI is InChI=1S/C11H17F3N2O2/c1-8-5-9(16(2)15-8)6-10(17)3-4-18-7-11(12,13)14/h5,10,17H,3-4,6-7H2,1-2H3. The van der Waals surface area contributed by atoms with Gasteiger partial charge in [0.25, 0.3) is 0 Å². The lowest BCUT2D eigenvalue weighted by Crippen LogP contribution is -2.20. The van der Waals surface area contributed by atoms with Crippen molar-refractivity contribution in [3.8, 4) is 0 Å². The van der Waals surface area contributed by atoms with Crippen LogP contribution in [-0.2, 0) is 18.2 Å². The Morgan fingerprint density at radius 2 is 2.17 bits per heavy atom. The predicted molar refractivity (Wildman–Crippen MR) is 59.1 cm³/mol. The molecule has 0 bridgehead atoms. The van der Waals surface area contributed by atoms with Gasteiger partial charge in [-0.3, -0.25) is 4.68 Å². The fourth-order valence-corrected chi connectivity index (χ4v) is 1.61. The Morgan fingerprint density at radius 1 is 1.50 bits per heavy atom. The number of halogens is 3. The second-order valence-electron chi connectivity index (χ2n) is 4.22. The molecule has 1 rings (SSSR count). The van der Waals surface area contributed by atoms with Gasteiger partial charge in [-0.05, 0) is 19.4 Å². The Bertz CT molecular complexity index is 377. The molecule has 4 nitrogen and oxygen atoms in total. The first kappa shape index (κ1) is 15.0. The first-order valence-corrected chi connectivity index (χ1v) is 5.60. The molecule has 0 aliphatic rings. The summed E-state index contributed by atoms with van der Waals surface area (Å²) in [5, 5.41) is 13.8. The van der Waals surface area contributed by atoms with E-state index >= 15 is 0 Å². The molecule has 0 radical (unpaired) electrons. The Hall–Kier alpha value is -1.08. The van der Waals surface area contributed by atoms with Gasteiger partial charge in [-0.25, -0.2) is 0 Å². The second kappa shape index (κ2) is 6.19. The molecule has 1 aromatic rings. The van der Waals surface area contributed by atoms with Crippen LogP contribution in [0.15, 0.2) is 6.07 Å². The molecule has 0 fully saturated rings. The van der Waals surface area contributed by atoms with Crippen molar-refractivity contribution in [2.24, 2.45) is 7.05 Å². The maximum Gasteiger partial charge on any atom is 0.411 e. The number of aliphatic hydroxyl groups excluding tert-OH is 1. The summed E-state index contributed by atoms with van der Waals surface area (Å²) in [4.78, 5) is 0. The Kier molecular flexibility index (Phi) is 5.15. The molecule has 1 atom stereocenters. The van der Waals surface area contributed by atoms with Gasteiger partial charge in [0, 0.05) is 25.8 Å². The van der Waals surface area contributed by atoms with E-state index in [4.69, 9.17) is 0 Å². The van der Waals surface area contributed by atoms with E-state index in [1.807, 2.05) is 13.0 Å². The second-order valence-corrected chi connectivity index (χ2v) is 4.22. The quantitative estimate of drug-likeness (QED) is 0.796. The highest BCUT2D eigenvalue weighted by molar-refractivity contribution is 5.09. The van der Waals surface area contributed by atoms with Crippen LogP contribution in [0.1, 0.15) is 17.8 Å². The van der Waals surface area contributed by atoms with E-state index in [1.54, 1.807) is 11.7 Å². The molecule has 0 saturated heterocycles. The molecule has 1 heterocycles. The molecule has 0 aliphatic carbocycles. The van der Waals surface area contributed by atoms with Gasteiger partial charge < -0.3 is 9.84 Å². The lowest BCUT2D eigenvalue weighted by Gasteiger charge is -2.12. The van der Waals surface area contributed by atoms with Gasteiger partial charge in [0.1, 0.15) is 6.61 Å². The van der Waals surface area contributed by atoms with Gasteiger partial charge in [0.2, 0.25) is 0 Å². The zero-order chi connectivity index (χ0) is 13.8. The molecule has 7 heteroatoms. The first-order valence-electron chi connectivity index (χ1n) is 5.60. The van der Waals surface area contributed by atoms with Crippen LogP contribution in [0, 0.1) is 6.92 Å². The highest BCUT2D eigenvalue weighted by Crippen LogP contribution is 2.15. The third-order valence-electron chi connectivity index (χ3n) is 2.40. The highest BCUT2D eigenvalue weighted by atomic mass is 19.4. The molecule has 0 spiro atoms. The van der Waals surface area contributed by atoms with Crippen molar-refractivity contribution in [2.45, 2.75) is 32.0 Å². The largest absolute Gasteiger partial charge is 0.411 e. The molecule has 0 amide bonds. The van der Waals surface area contributed by atoms with Crippen LogP contribution in [0.2, 0.25) is 0 Å². The van der Waals surface area contributed by atoms with Crippen LogP contribution in [0.4, 0.5) is 13.2 Å². The van der Waals surface area contributed by atoms with Crippen LogP contribution in [0.5, 0.6) is 0 Å². The summed E-state index contributed by atoms with van der Waals surface area (Å²) in [6, 6.07) is 1.83. The molecule has 0 aliphatic heterocycles. The average Bonchev–Trinajstić information content (AvgIpc) is 2.51. The Labute approximate surface area is 103 Å². The van der Waals surface area contributed by atoms with Gasteiger partial charge in [-0.15, -0.1) is 0 Å². The monoisotopic (exact) mass is 266 g/mol. The van der Waals surface area contributed by atoms with Gasteiger partial charge in [0.15, 0.2) is 0 Å². The number of nitrogens with zero attached hydrogens (tertiary/aromatic N) is 2. The molecule has 18 heavy (non-hydrogen) atoms. The lowest BCUT2D eigenvalue weighted by atomic mass is 10.1. The van der Waals surface area contributed by atoms with E-state index in [0.717, 1.165) is 11.4 Å². The van der Waals surface area contributed by atoms with Crippen LogP contribution in [0.25, 0.3) is 0 Å². The number of ether oxygens (including phenoxy) is 1. The molecule has 1 aromatic heterocycles. The zero-order valence-corrected chi connectivity index (χ0v) is 10.4.